The molecule has 2 aromatic carbocycles. The highest BCUT2D eigenvalue weighted by Crippen LogP contribution is 2.31. The number of benzene rings is 2. The van der Waals surface area contributed by atoms with Crippen LogP contribution in [-0.2, 0) is 12.8 Å². The van der Waals surface area contributed by atoms with Crippen molar-refractivity contribution in [1.82, 2.24) is 0 Å². The number of fused-ring (bicyclic) bond motifs is 1. The Bertz CT molecular complexity index is 607. The molecule has 3 rings (SSSR count). The maximum absolute atomic E-state index is 12.9. The lowest BCUT2D eigenvalue weighted by molar-refractivity contribution is 0.178. The molecule has 0 aliphatic carbocycles. The lowest BCUT2D eigenvalue weighted by Gasteiger charge is -2.12. The fourth-order valence-electron chi connectivity index (χ4n) is 2.61. The first-order valence-electron chi connectivity index (χ1n) is 6.84. The fourth-order valence-corrected chi connectivity index (χ4v) is 2.61. The average molecular weight is 272 g/mol. The smallest absolute Gasteiger partial charge is 0.123 e. The molecule has 0 saturated heterocycles. The molecular formula is C17H17FO2. The SMILES string of the molecule is CC1Cc2cc(C(O)Cc3ccc(F)cc3)ccc2O1. The highest BCUT2D eigenvalue weighted by molar-refractivity contribution is 5.41. The molecule has 0 aromatic heterocycles. The minimum atomic E-state index is -0.582. The molecule has 1 aliphatic heterocycles. The summed E-state index contributed by atoms with van der Waals surface area (Å²) in [5.74, 6) is 0.655. The van der Waals surface area contributed by atoms with Crippen LogP contribution in [0.4, 0.5) is 4.39 Å². The average Bonchev–Trinajstić information content (AvgIpc) is 2.80. The number of aliphatic hydroxyl groups is 1. The summed E-state index contributed by atoms with van der Waals surface area (Å²) in [6, 6.07) is 12.1. The van der Waals surface area contributed by atoms with Crippen molar-refractivity contribution in [3.8, 4) is 5.75 Å². The second-order valence-electron chi connectivity index (χ2n) is 5.35. The van der Waals surface area contributed by atoms with Crippen LogP contribution in [0.5, 0.6) is 5.75 Å². The number of halogens is 1. The lowest BCUT2D eigenvalue weighted by atomic mass is 9.98. The van der Waals surface area contributed by atoms with Crippen molar-refractivity contribution >= 4 is 0 Å². The van der Waals surface area contributed by atoms with Gasteiger partial charge in [0.15, 0.2) is 0 Å². The molecule has 0 radical (unpaired) electrons. The number of rotatable bonds is 3. The van der Waals surface area contributed by atoms with E-state index in [-0.39, 0.29) is 11.9 Å². The Morgan fingerprint density at radius 1 is 1.25 bits per heavy atom. The number of hydrogen-bond acceptors (Lipinski definition) is 2. The summed E-state index contributed by atoms with van der Waals surface area (Å²) in [4.78, 5) is 0. The van der Waals surface area contributed by atoms with Crippen molar-refractivity contribution in [2.75, 3.05) is 0 Å². The van der Waals surface area contributed by atoms with Crippen LogP contribution in [0.1, 0.15) is 29.7 Å². The summed E-state index contributed by atoms with van der Waals surface area (Å²) in [6.45, 7) is 2.04. The molecule has 2 unspecified atom stereocenters. The van der Waals surface area contributed by atoms with E-state index < -0.39 is 6.10 Å². The Morgan fingerprint density at radius 3 is 2.75 bits per heavy atom. The highest BCUT2D eigenvalue weighted by Gasteiger charge is 2.20. The minimum absolute atomic E-state index is 0.203. The zero-order valence-electron chi connectivity index (χ0n) is 11.3. The molecule has 0 bridgehead atoms. The van der Waals surface area contributed by atoms with Gasteiger partial charge >= 0.3 is 0 Å². The molecule has 20 heavy (non-hydrogen) atoms. The van der Waals surface area contributed by atoms with Gasteiger partial charge in [0, 0.05) is 12.8 Å². The normalized spacial score (nSPS) is 18.4. The van der Waals surface area contributed by atoms with Crippen LogP contribution >= 0.6 is 0 Å². The summed E-state index contributed by atoms with van der Waals surface area (Å²) < 4.78 is 18.5. The monoisotopic (exact) mass is 272 g/mol. The molecule has 2 aromatic rings. The third-order valence-electron chi connectivity index (χ3n) is 3.65. The van der Waals surface area contributed by atoms with Crippen molar-refractivity contribution in [3.63, 3.8) is 0 Å². The Morgan fingerprint density at radius 2 is 2.00 bits per heavy atom. The zero-order chi connectivity index (χ0) is 14.1. The van der Waals surface area contributed by atoms with Gasteiger partial charge in [-0.2, -0.15) is 0 Å². The van der Waals surface area contributed by atoms with Crippen LogP contribution in [0.15, 0.2) is 42.5 Å². The molecular weight excluding hydrogens is 255 g/mol. The first kappa shape index (κ1) is 13.1. The first-order chi connectivity index (χ1) is 9.61. The van der Waals surface area contributed by atoms with E-state index in [2.05, 4.69) is 0 Å². The fraction of sp³-hybridized carbons (Fsp3) is 0.294. The molecule has 0 saturated carbocycles. The Labute approximate surface area is 117 Å². The van der Waals surface area contributed by atoms with Crippen LogP contribution < -0.4 is 4.74 Å². The topological polar surface area (TPSA) is 29.5 Å². The quantitative estimate of drug-likeness (QED) is 0.927. The van der Waals surface area contributed by atoms with Crippen LogP contribution in [-0.4, -0.2) is 11.2 Å². The van der Waals surface area contributed by atoms with Crippen LogP contribution in [0.25, 0.3) is 0 Å². The van der Waals surface area contributed by atoms with E-state index in [1.807, 2.05) is 25.1 Å². The lowest BCUT2D eigenvalue weighted by Crippen LogP contribution is -2.05. The summed E-state index contributed by atoms with van der Waals surface area (Å²) in [6.07, 6.45) is 0.984. The summed E-state index contributed by atoms with van der Waals surface area (Å²) >= 11 is 0. The molecule has 3 heteroatoms. The Balaban J connectivity index is 1.76. The second-order valence-corrected chi connectivity index (χ2v) is 5.35. The molecule has 0 fully saturated rings. The van der Waals surface area contributed by atoms with E-state index in [1.165, 1.54) is 12.1 Å². The molecule has 1 heterocycles. The predicted octanol–water partition coefficient (Wildman–Crippen LogP) is 3.43. The maximum atomic E-state index is 12.9. The third kappa shape index (κ3) is 2.68. The van der Waals surface area contributed by atoms with Crippen molar-refractivity contribution in [2.24, 2.45) is 0 Å². The van der Waals surface area contributed by atoms with Crippen LogP contribution in [0.3, 0.4) is 0 Å². The van der Waals surface area contributed by atoms with Gasteiger partial charge in [0.2, 0.25) is 0 Å². The molecule has 0 spiro atoms. The third-order valence-corrected chi connectivity index (χ3v) is 3.65. The van der Waals surface area contributed by atoms with Gasteiger partial charge in [0.05, 0.1) is 6.10 Å². The van der Waals surface area contributed by atoms with Gasteiger partial charge in [0.1, 0.15) is 17.7 Å². The number of hydrogen-bond donors (Lipinski definition) is 1. The number of aliphatic hydroxyl groups excluding tert-OH is 1. The van der Waals surface area contributed by atoms with Crippen molar-refractivity contribution < 1.29 is 14.2 Å². The van der Waals surface area contributed by atoms with E-state index in [0.29, 0.717) is 6.42 Å². The predicted molar refractivity (Wildman–Crippen MR) is 75.3 cm³/mol. The van der Waals surface area contributed by atoms with E-state index >= 15 is 0 Å². The highest BCUT2D eigenvalue weighted by atomic mass is 19.1. The van der Waals surface area contributed by atoms with E-state index in [9.17, 15) is 9.50 Å². The van der Waals surface area contributed by atoms with Crippen molar-refractivity contribution in [2.45, 2.75) is 32.0 Å². The standard InChI is InChI=1S/C17H17FO2/c1-11-8-14-10-13(4-7-17(14)20-11)16(19)9-12-2-5-15(18)6-3-12/h2-7,10-11,16,19H,8-9H2,1H3. The van der Waals surface area contributed by atoms with E-state index in [1.54, 1.807) is 12.1 Å². The summed E-state index contributed by atoms with van der Waals surface area (Å²) in [5, 5.41) is 10.3. The molecule has 104 valence electrons. The summed E-state index contributed by atoms with van der Waals surface area (Å²) in [7, 11) is 0. The molecule has 1 aliphatic rings. The minimum Gasteiger partial charge on any atom is -0.490 e. The van der Waals surface area contributed by atoms with Gasteiger partial charge < -0.3 is 9.84 Å². The second kappa shape index (κ2) is 5.25. The molecule has 2 nitrogen and oxygen atoms in total. The van der Waals surface area contributed by atoms with Crippen molar-refractivity contribution in [3.05, 3.63) is 65.0 Å². The number of ether oxygens (including phenoxy) is 1. The maximum Gasteiger partial charge on any atom is 0.123 e. The first-order valence-corrected chi connectivity index (χ1v) is 6.84. The van der Waals surface area contributed by atoms with Crippen molar-refractivity contribution in [1.29, 1.82) is 0 Å². The Hall–Kier alpha value is -1.87. The van der Waals surface area contributed by atoms with E-state index in [0.717, 1.165) is 28.9 Å². The van der Waals surface area contributed by atoms with Gasteiger partial charge in [-0.15, -0.1) is 0 Å². The zero-order valence-corrected chi connectivity index (χ0v) is 11.3. The van der Waals surface area contributed by atoms with Crippen LogP contribution in [0, 0.1) is 5.82 Å². The summed E-state index contributed by atoms with van der Waals surface area (Å²) in [5.41, 5.74) is 2.95. The molecule has 2 atom stereocenters. The van der Waals surface area contributed by atoms with Gasteiger partial charge in [-0.25, -0.2) is 4.39 Å². The van der Waals surface area contributed by atoms with Gasteiger partial charge in [-0.05, 0) is 47.9 Å². The largest absolute Gasteiger partial charge is 0.490 e. The van der Waals surface area contributed by atoms with E-state index in [4.69, 9.17) is 4.74 Å². The Kier molecular flexibility index (Phi) is 3.45. The van der Waals surface area contributed by atoms with Gasteiger partial charge in [-0.1, -0.05) is 18.2 Å². The molecule has 1 N–H and O–H groups in total. The molecule has 0 amide bonds. The van der Waals surface area contributed by atoms with Gasteiger partial charge in [0.25, 0.3) is 0 Å². The van der Waals surface area contributed by atoms with Crippen LogP contribution in [0.2, 0.25) is 0 Å². The van der Waals surface area contributed by atoms with Gasteiger partial charge in [-0.3, -0.25) is 0 Å².